The number of fused-ring (bicyclic) bond motifs is 16. The van der Waals surface area contributed by atoms with Crippen molar-refractivity contribution in [3.05, 3.63) is 24.3 Å². The highest BCUT2D eigenvalue weighted by molar-refractivity contribution is 5.90. The maximum absolute atomic E-state index is 13.3. The molecule has 6 aliphatic rings. The zero-order valence-electron chi connectivity index (χ0n) is 15.9. The fraction of sp³-hybridized carbons (Fsp3) is 0.727. The van der Waals surface area contributed by atoms with E-state index in [1.807, 2.05) is 0 Å². The molecular formula is C22H26O5. The van der Waals surface area contributed by atoms with E-state index >= 15 is 0 Å². The molecule has 5 heteroatoms. The van der Waals surface area contributed by atoms with Gasteiger partial charge in [0.05, 0.1) is 14.2 Å². The summed E-state index contributed by atoms with van der Waals surface area (Å²) < 4.78 is 17.4. The van der Waals surface area contributed by atoms with Gasteiger partial charge in [0.2, 0.25) is 0 Å². The Kier molecular flexibility index (Phi) is 2.83. The van der Waals surface area contributed by atoms with Crippen molar-refractivity contribution in [1.29, 1.82) is 0 Å². The van der Waals surface area contributed by atoms with E-state index < -0.39 is 11.2 Å². The number of hydrogen-bond donors (Lipinski definition) is 0. The highest BCUT2D eigenvalue weighted by Gasteiger charge is 2.89. The first-order chi connectivity index (χ1) is 12.9. The van der Waals surface area contributed by atoms with E-state index in [-0.39, 0.29) is 47.4 Å². The van der Waals surface area contributed by atoms with Crippen molar-refractivity contribution in [2.45, 2.75) is 36.9 Å². The molecule has 6 bridgehead atoms. The normalized spacial score (nSPS) is 55.8. The number of allylic oxidation sites excluding steroid dienone is 2. The second kappa shape index (κ2) is 4.68. The van der Waals surface area contributed by atoms with E-state index in [4.69, 9.17) is 14.2 Å². The molecule has 5 nitrogen and oxygen atoms in total. The Bertz CT molecular complexity index is 752. The van der Waals surface area contributed by atoms with E-state index in [9.17, 15) is 9.59 Å². The lowest BCUT2D eigenvalue weighted by atomic mass is 9.50. The van der Waals surface area contributed by atoms with Crippen LogP contribution in [0.2, 0.25) is 0 Å². The number of carbonyl (C=O) groups is 2. The monoisotopic (exact) mass is 370 g/mol. The van der Waals surface area contributed by atoms with Gasteiger partial charge in [-0.05, 0) is 60.5 Å². The van der Waals surface area contributed by atoms with Crippen molar-refractivity contribution in [2.75, 3.05) is 14.2 Å². The maximum Gasteiger partial charge on any atom is 0.338 e. The Labute approximate surface area is 159 Å². The molecule has 144 valence electrons. The van der Waals surface area contributed by atoms with E-state index in [2.05, 4.69) is 13.2 Å². The average Bonchev–Trinajstić information content (AvgIpc) is 3.47. The summed E-state index contributed by atoms with van der Waals surface area (Å²) in [4.78, 5) is 26.6. The Hall–Kier alpha value is -1.62. The second-order valence-corrected chi connectivity index (χ2v) is 9.61. The third-order valence-electron chi connectivity index (χ3n) is 9.31. The first-order valence-electron chi connectivity index (χ1n) is 10.2. The van der Waals surface area contributed by atoms with Crippen LogP contribution in [-0.2, 0) is 23.8 Å². The third kappa shape index (κ3) is 1.40. The SMILES string of the molecule is C=C1C(=C)[C@@H]2C[C@H]1C1C2[C@]2(C(=O)OC)O[C@@]1(C(=O)OC)C1C2[C@H]2CC[C@@H]1C2. The highest BCUT2D eigenvalue weighted by Crippen LogP contribution is 2.80. The molecule has 10 atom stereocenters. The van der Waals surface area contributed by atoms with Gasteiger partial charge in [-0.3, -0.25) is 0 Å². The molecule has 2 heterocycles. The average molecular weight is 370 g/mol. The number of rotatable bonds is 2. The molecule has 0 aromatic carbocycles. The number of methoxy groups -OCH3 is 2. The molecule has 4 saturated carbocycles. The smallest absolute Gasteiger partial charge is 0.338 e. The van der Waals surface area contributed by atoms with Crippen LogP contribution in [0.1, 0.15) is 25.7 Å². The number of esters is 2. The van der Waals surface area contributed by atoms with Crippen LogP contribution >= 0.6 is 0 Å². The van der Waals surface area contributed by atoms with E-state index in [1.165, 1.54) is 14.2 Å². The van der Waals surface area contributed by atoms with Crippen molar-refractivity contribution in [2.24, 2.45) is 47.3 Å². The summed E-state index contributed by atoms with van der Waals surface area (Å²) in [6, 6.07) is 0. The van der Waals surface area contributed by atoms with E-state index in [1.54, 1.807) is 0 Å². The van der Waals surface area contributed by atoms with Crippen LogP contribution in [0.25, 0.3) is 0 Å². The molecule has 0 N–H and O–H groups in total. The molecule has 6 rings (SSSR count). The van der Waals surface area contributed by atoms with Crippen LogP contribution in [0.5, 0.6) is 0 Å². The van der Waals surface area contributed by atoms with Gasteiger partial charge < -0.3 is 14.2 Å². The van der Waals surface area contributed by atoms with Crippen molar-refractivity contribution < 1.29 is 23.8 Å². The van der Waals surface area contributed by atoms with E-state index in [0.29, 0.717) is 11.8 Å². The lowest BCUT2D eigenvalue weighted by Crippen LogP contribution is -2.61. The molecule has 0 aromatic rings. The molecule has 6 fully saturated rings. The lowest BCUT2D eigenvalue weighted by Gasteiger charge is -2.49. The van der Waals surface area contributed by atoms with Crippen molar-refractivity contribution in [3.63, 3.8) is 0 Å². The molecule has 0 spiro atoms. The largest absolute Gasteiger partial charge is 0.467 e. The summed E-state index contributed by atoms with van der Waals surface area (Å²) in [5.74, 6) is 0.596. The number of hydrogen-bond acceptors (Lipinski definition) is 5. The van der Waals surface area contributed by atoms with Crippen LogP contribution in [0.15, 0.2) is 24.3 Å². The van der Waals surface area contributed by atoms with Gasteiger partial charge in [-0.25, -0.2) is 9.59 Å². The topological polar surface area (TPSA) is 61.8 Å². The first kappa shape index (κ1) is 16.3. The fourth-order valence-electron chi connectivity index (χ4n) is 8.86. The van der Waals surface area contributed by atoms with Gasteiger partial charge in [-0.15, -0.1) is 0 Å². The molecule has 2 saturated heterocycles. The zero-order chi connectivity index (χ0) is 18.9. The van der Waals surface area contributed by atoms with Crippen LogP contribution in [0.4, 0.5) is 0 Å². The predicted molar refractivity (Wildman–Crippen MR) is 95.2 cm³/mol. The first-order valence-corrected chi connectivity index (χ1v) is 10.2. The predicted octanol–water partition coefficient (Wildman–Crippen LogP) is 2.51. The summed E-state index contributed by atoms with van der Waals surface area (Å²) in [5.41, 5.74) is 0.0308. The quantitative estimate of drug-likeness (QED) is 0.699. The van der Waals surface area contributed by atoms with Gasteiger partial charge in [-0.1, -0.05) is 13.2 Å². The van der Waals surface area contributed by atoms with Gasteiger partial charge >= 0.3 is 11.9 Å². The van der Waals surface area contributed by atoms with Crippen molar-refractivity contribution in [3.8, 4) is 0 Å². The van der Waals surface area contributed by atoms with Crippen LogP contribution < -0.4 is 0 Å². The fourth-order valence-corrected chi connectivity index (χ4v) is 8.86. The number of ether oxygens (including phenoxy) is 3. The summed E-state index contributed by atoms with van der Waals surface area (Å²) in [5, 5.41) is 0. The van der Waals surface area contributed by atoms with E-state index in [0.717, 1.165) is 36.8 Å². The molecule has 0 amide bonds. The van der Waals surface area contributed by atoms with Gasteiger partial charge in [0.1, 0.15) is 0 Å². The number of carbonyl (C=O) groups excluding carboxylic acids is 2. The van der Waals surface area contributed by atoms with Gasteiger partial charge in [-0.2, -0.15) is 0 Å². The highest BCUT2D eigenvalue weighted by atomic mass is 16.6. The second-order valence-electron chi connectivity index (χ2n) is 9.61. The van der Waals surface area contributed by atoms with Crippen LogP contribution in [-0.4, -0.2) is 37.4 Å². The van der Waals surface area contributed by atoms with Crippen molar-refractivity contribution in [1.82, 2.24) is 0 Å². The van der Waals surface area contributed by atoms with Crippen LogP contribution in [0.3, 0.4) is 0 Å². The Balaban J connectivity index is 1.62. The molecule has 4 aliphatic carbocycles. The standard InChI is InChI=1S/C22H26O5/c1-9-10(2)14-8-13(9)17-18(14)22(20(24)26-4)16-12-6-5-11(7-12)15(16)21(17,27-22)19(23)25-3/h11-18H,1-2,5-8H2,3-4H3/t11-,12+,13-,14+,15?,16?,17?,18?,21+,22-. The molecular weight excluding hydrogens is 344 g/mol. The summed E-state index contributed by atoms with van der Waals surface area (Å²) in [6.45, 7) is 8.55. The summed E-state index contributed by atoms with van der Waals surface area (Å²) >= 11 is 0. The lowest BCUT2D eigenvalue weighted by molar-refractivity contribution is -0.187. The Morgan fingerprint density at radius 2 is 1.30 bits per heavy atom. The third-order valence-corrected chi connectivity index (χ3v) is 9.31. The molecule has 2 aliphatic heterocycles. The summed E-state index contributed by atoms with van der Waals surface area (Å²) in [6.07, 6.45) is 4.24. The van der Waals surface area contributed by atoms with Crippen LogP contribution in [0, 0.1) is 47.3 Å². The van der Waals surface area contributed by atoms with Gasteiger partial charge in [0, 0.05) is 23.7 Å². The molecule has 27 heavy (non-hydrogen) atoms. The zero-order valence-corrected chi connectivity index (χ0v) is 15.9. The van der Waals surface area contributed by atoms with Gasteiger partial charge in [0.25, 0.3) is 0 Å². The van der Waals surface area contributed by atoms with Crippen molar-refractivity contribution >= 4 is 11.9 Å². The molecule has 4 unspecified atom stereocenters. The van der Waals surface area contributed by atoms with Gasteiger partial charge in [0.15, 0.2) is 11.2 Å². The minimum atomic E-state index is -1.03. The Morgan fingerprint density at radius 1 is 0.852 bits per heavy atom. The summed E-state index contributed by atoms with van der Waals surface area (Å²) in [7, 11) is 2.88. The Morgan fingerprint density at radius 3 is 1.70 bits per heavy atom. The maximum atomic E-state index is 13.3. The minimum absolute atomic E-state index is 0.0485. The minimum Gasteiger partial charge on any atom is -0.467 e. The molecule has 0 aromatic heterocycles. The molecule has 0 radical (unpaired) electrons.